The SMILES string of the molecule is CCCN(C(=O)c1ccc(-n2c(C)c[nH]c2=O)cc1)C(C)C(=O)Nc1ccccc1. The summed E-state index contributed by atoms with van der Waals surface area (Å²) in [4.78, 5) is 42.0. The third-order valence-electron chi connectivity index (χ3n) is 4.95. The van der Waals surface area contributed by atoms with Gasteiger partial charge in [-0.15, -0.1) is 0 Å². The van der Waals surface area contributed by atoms with Crippen molar-refractivity contribution in [2.24, 2.45) is 0 Å². The van der Waals surface area contributed by atoms with Gasteiger partial charge in [0.15, 0.2) is 0 Å². The Morgan fingerprint density at radius 2 is 1.77 bits per heavy atom. The first-order valence-corrected chi connectivity index (χ1v) is 9.96. The molecule has 30 heavy (non-hydrogen) atoms. The van der Waals surface area contributed by atoms with Gasteiger partial charge in [-0.3, -0.25) is 14.2 Å². The van der Waals surface area contributed by atoms with E-state index in [9.17, 15) is 14.4 Å². The summed E-state index contributed by atoms with van der Waals surface area (Å²) in [5, 5.41) is 2.85. The number of hydrogen-bond donors (Lipinski definition) is 2. The highest BCUT2D eigenvalue weighted by molar-refractivity contribution is 6.01. The van der Waals surface area contributed by atoms with E-state index in [1.54, 1.807) is 54.4 Å². The van der Waals surface area contributed by atoms with Gasteiger partial charge in [-0.2, -0.15) is 0 Å². The second-order valence-electron chi connectivity index (χ2n) is 7.15. The van der Waals surface area contributed by atoms with Gasteiger partial charge >= 0.3 is 5.69 Å². The fourth-order valence-electron chi connectivity index (χ4n) is 3.32. The molecule has 0 fully saturated rings. The van der Waals surface area contributed by atoms with Crippen LogP contribution in [0.2, 0.25) is 0 Å². The summed E-state index contributed by atoms with van der Waals surface area (Å²) in [5.74, 6) is -0.466. The van der Waals surface area contributed by atoms with Crippen molar-refractivity contribution in [1.82, 2.24) is 14.5 Å². The molecule has 0 aliphatic rings. The first-order valence-electron chi connectivity index (χ1n) is 9.96. The monoisotopic (exact) mass is 406 g/mol. The molecule has 1 aromatic heterocycles. The van der Waals surface area contributed by atoms with Gasteiger partial charge in [-0.25, -0.2) is 4.79 Å². The van der Waals surface area contributed by atoms with Crippen LogP contribution in [0.5, 0.6) is 0 Å². The molecular weight excluding hydrogens is 380 g/mol. The van der Waals surface area contributed by atoms with E-state index in [1.165, 1.54) is 4.57 Å². The Morgan fingerprint density at radius 3 is 2.33 bits per heavy atom. The van der Waals surface area contributed by atoms with Gasteiger partial charge in [0.2, 0.25) is 5.91 Å². The van der Waals surface area contributed by atoms with Crippen LogP contribution in [0.1, 0.15) is 36.3 Å². The number of aromatic nitrogens is 2. The van der Waals surface area contributed by atoms with Crippen LogP contribution in [0.15, 0.2) is 65.6 Å². The Labute approximate surface area is 175 Å². The van der Waals surface area contributed by atoms with Crippen molar-refractivity contribution in [2.75, 3.05) is 11.9 Å². The van der Waals surface area contributed by atoms with Crippen molar-refractivity contribution in [1.29, 1.82) is 0 Å². The minimum Gasteiger partial charge on any atom is -0.327 e. The standard InChI is InChI=1S/C23H26N4O3/c1-4-14-26(17(3)21(28)25-19-8-6-5-7-9-19)22(29)18-10-12-20(13-11-18)27-16(2)15-24-23(27)30/h5-13,15,17H,4,14H2,1-3H3,(H,24,30)(H,25,28). The fourth-order valence-corrected chi connectivity index (χ4v) is 3.32. The maximum atomic E-state index is 13.1. The molecule has 0 saturated heterocycles. The van der Waals surface area contributed by atoms with Gasteiger partial charge in [-0.05, 0) is 56.7 Å². The van der Waals surface area contributed by atoms with Gasteiger partial charge in [0.05, 0.1) is 5.69 Å². The highest BCUT2D eigenvalue weighted by atomic mass is 16.2. The number of para-hydroxylation sites is 1. The molecule has 156 valence electrons. The Hall–Kier alpha value is -3.61. The summed E-state index contributed by atoms with van der Waals surface area (Å²) in [5.41, 5.74) is 2.37. The van der Waals surface area contributed by atoms with E-state index < -0.39 is 6.04 Å². The van der Waals surface area contributed by atoms with E-state index >= 15 is 0 Å². The predicted molar refractivity (Wildman–Crippen MR) is 117 cm³/mol. The molecule has 2 N–H and O–H groups in total. The number of carbonyl (C=O) groups is 2. The van der Waals surface area contributed by atoms with Crippen LogP contribution in [0.3, 0.4) is 0 Å². The minimum absolute atomic E-state index is 0.225. The van der Waals surface area contributed by atoms with Gasteiger partial charge in [0.1, 0.15) is 6.04 Å². The van der Waals surface area contributed by atoms with E-state index in [-0.39, 0.29) is 17.5 Å². The van der Waals surface area contributed by atoms with Gasteiger partial charge in [0, 0.05) is 29.7 Å². The number of carbonyl (C=O) groups excluding carboxylic acids is 2. The topological polar surface area (TPSA) is 87.2 Å². The normalized spacial score (nSPS) is 11.7. The summed E-state index contributed by atoms with van der Waals surface area (Å²) in [6.45, 7) is 5.97. The number of hydrogen-bond acceptors (Lipinski definition) is 3. The maximum absolute atomic E-state index is 13.1. The highest BCUT2D eigenvalue weighted by Crippen LogP contribution is 2.15. The summed E-state index contributed by atoms with van der Waals surface area (Å²) in [6, 6.07) is 15.4. The van der Waals surface area contributed by atoms with E-state index in [4.69, 9.17) is 0 Å². The largest absolute Gasteiger partial charge is 0.330 e. The summed E-state index contributed by atoms with van der Waals surface area (Å²) < 4.78 is 1.54. The molecule has 3 rings (SSSR count). The van der Waals surface area contributed by atoms with Gasteiger partial charge < -0.3 is 15.2 Å². The van der Waals surface area contributed by atoms with E-state index in [1.807, 2.05) is 32.0 Å². The molecule has 3 aromatic rings. The number of benzene rings is 2. The average molecular weight is 406 g/mol. The molecule has 1 unspecified atom stereocenters. The molecule has 2 aromatic carbocycles. The quantitative estimate of drug-likeness (QED) is 0.631. The Kier molecular flexibility index (Phi) is 6.51. The Bertz CT molecular complexity index is 1070. The van der Waals surface area contributed by atoms with E-state index in [0.717, 1.165) is 12.1 Å². The van der Waals surface area contributed by atoms with E-state index in [0.29, 0.717) is 23.5 Å². The molecule has 1 atom stereocenters. The zero-order chi connectivity index (χ0) is 21.7. The number of aryl methyl sites for hydroxylation is 1. The third kappa shape index (κ3) is 4.51. The maximum Gasteiger partial charge on any atom is 0.330 e. The van der Waals surface area contributed by atoms with Crippen LogP contribution in [0.4, 0.5) is 5.69 Å². The number of imidazole rings is 1. The minimum atomic E-state index is -0.633. The lowest BCUT2D eigenvalue weighted by molar-refractivity contribution is -0.120. The number of aromatic amines is 1. The molecule has 0 radical (unpaired) electrons. The molecule has 7 nitrogen and oxygen atoms in total. The summed E-state index contributed by atoms with van der Waals surface area (Å²) in [6.07, 6.45) is 2.36. The second kappa shape index (κ2) is 9.26. The molecule has 0 spiro atoms. The number of nitrogens with zero attached hydrogens (tertiary/aromatic N) is 2. The van der Waals surface area contributed by atoms with Crippen molar-refractivity contribution in [3.63, 3.8) is 0 Å². The van der Waals surface area contributed by atoms with Crippen LogP contribution in [0.25, 0.3) is 5.69 Å². The van der Waals surface area contributed by atoms with E-state index in [2.05, 4.69) is 10.3 Å². The first-order chi connectivity index (χ1) is 14.4. The average Bonchev–Trinajstić information content (AvgIpc) is 3.10. The summed E-state index contributed by atoms with van der Waals surface area (Å²) >= 11 is 0. The van der Waals surface area contributed by atoms with Crippen molar-refractivity contribution in [3.05, 3.63) is 82.5 Å². The van der Waals surface area contributed by atoms with Gasteiger partial charge in [0.25, 0.3) is 5.91 Å². The molecule has 0 bridgehead atoms. The Balaban J connectivity index is 1.79. The molecule has 1 heterocycles. The molecular formula is C23H26N4O3. The van der Waals surface area contributed by atoms with Gasteiger partial charge in [-0.1, -0.05) is 25.1 Å². The van der Waals surface area contributed by atoms with Crippen LogP contribution in [-0.4, -0.2) is 38.9 Å². The first kappa shape index (κ1) is 21.1. The smallest absolute Gasteiger partial charge is 0.327 e. The molecule has 0 aliphatic carbocycles. The van der Waals surface area contributed by atoms with Crippen LogP contribution in [-0.2, 0) is 4.79 Å². The van der Waals surface area contributed by atoms with Crippen LogP contribution in [0, 0.1) is 6.92 Å². The predicted octanol–water partition coefficient (Wildman–Crippen LogP) is 3.35. The third-order valence-corrected chi connectivity index (χ3v) is 4.95. The molecule has 7 heteroatoms. The zero-order valence-electron chi connectivity index (χ0n) is 17.4. The van der Waals surface area contributed by atoms with Crippen molar-refractivity contribution in [2.45, 2.75) is 33.2 Å². The Morgan fingerprint density at radius 1 is 1.10 bits per heavy atom. The second-order valence-corrected chi connectivity index (χ2v) is 7.15. The lowest BCUT2D eigenvalue weighted by atomic mass is 10.1. The van der Waals surface area contributed by atoms with Crippen molar-refractivity contribution in [3.8, 4) is 5.69 Å². The van der Waals surface area contributed by atoms with Crippen LogP contribution < -0.4 is 11.0 Å². The number of anilines is 1. The highest BCUT2D eigenvalue weighted by Gasteiger charge is 2.26. The van der Waals surface area contributed by atoms with Crippen molar-refractivity contribution >= 4 is 17.5 Å². The number of H-pyrrole nitrogens is 1. The lowest BCUT2D eigenvalue weighted by Crippen LogP contribution is -2.46. The fraction of sp³-hybridized carbons (Fsp3) is 0.261. The van der Waals surface area contributed by atoms with Crippen molar-refractivity contribution < 1.29 is 9.59 Å². The lowest BCUT2D eigenvalue weighted by Gasteiger charge is -2.28. The molecule has 2 amide bonds. The number of rotatable bonds is 7. The zero-order valence-corrected chi connectivity index (χ0v) is 17.4. The number of nitrogens with one attached hydrogen (secondary N) is 2. The molecule has 0 aliphatic heterocycles. The summed E-state index contributed by atoms with van der Waals surface area (Å²) in [7, 11) is 0. The number of amides is 2. The van der Waals surface area contributed by atoms with Crippen LogP contribution >= 0.6 is 0 Å². The molecule has 0 saturated carbocycles.